The first-order valence-electron chi connectivity index (χ1n) is 11.6. The maximum Gasteiger partial charge on any atom is 0.243 e. The van der Waals surface area contributed by atoms with Crippen molar-refractivity contribution in [2.45, 2.75) is 30.6 Å². The molecule has 0 saturated carbocycles. The standard InChI is InChI=1S/C25H27FN4O3S/c26-20-6-3-7-21(16-20)27-25(31)19-5-4-12-29(17-19)24-11-8-18-15-22(9-10-23(18)28-24)34(32,33)30-13-1-2-14-30/h3,6-11,15-16,19H,1-2,4-5,12-14,17H2,(H,27,31)/t19-/m0/s1. The minimum absolute atomic E-state index is 0.132. The van der Waals surface area contributed by atoms with Gasteiger partial charge in [0.1, 0.15) is 11.6 Å². The zero-order chi connectivity index (χ0) is 23.7. The summed E-state index contributed by atoms with van der Waals surface area (Å²) in [5, 5.41) is 3.58. The van der Waals surface area contributed by atoms with E-state index in [0.717, 1.165) is 43.4 Å². The van der Waals surface area contributed by atoms with E-state index in [0.29, 0.717) is 35.7 Å². The largest absolute Gasteiger partial charge is 0.356 e. The van der Waals surface area contributed by atoms with Crippen molar-refractivity contribution in [1.82, 2.24) is 9.29 Å². The summed E-state index contributed by atoms with van der Waals surface area (Å²) in [5.41, 5.74) is 1.16. The fourth-order valence-electron chi connectivity index (χ4n) is 4.72. The van der Waals surface area contributed by atoms with E-state index in [1.807, 2.05) is 12.1 Å². The molecule has 34 heavy (non-hydrogen) atoms. The van der Waals surface area contributed by atoms with E-state index in [-0.39, 0.29) is 17.6 Å². The number of hydrogen-bond donors (Lipinski definition) is 1. The highest BCUT2D eigenvalue weighted by molar-refractivity contribution is 7.89. The number of anilines is 2. The molecule has 1 atom stereocenters. The van der Waals surface area contributed by atoms with Crippen molar-refractivity contribution < 1.29 is 17.6 Å². The van der Waals surface area contributed by atoms with E-state index in [4.69, 9.17) is 4.98 Å². The average Bonchev–Trinajstić information content (AvgIpc) is 3.39. The molecular formula is C25H27FN4O3S. The van der Waals surface area contributed by atoms with Crippen LogP contribution in [-0.4, -0.2) is 49.8 Å². The fraction of sp³-hybridized carbons (Fsp3) is 0.360. The molecule has 0 aliphatic carbocycles. The smallest absolute Gasteiger partial charge is 0.243 e. The number of sulfonamides is 1. The first-order valence-corrected chi connectivity index (χ1v) is 13.1. The highest BCUT2D eigenvalue weighted by atomic mass is 32.2. The van der Waals surface area contributed by atoms with Gasteiger partial charge in [-0.15, -0.1) is 0 Å². The zero-order valence-electron chi connectivity index (χ0n) is 18.8. The topological polar surface area (TPSA) is 82.6 Å². The number of pyridine rings is 1. The predicted molar refractivity (Wildman–Crippen MR) is 130 cm³/mol. The SMILES string of the molecule is O=C(Nc1cccc(F)c1)[C@H]1CCCN(c2ccc3cc(S(=O)(=O)N4CCCC4)ccc3n2)C1. The van der Waals surface area contributed by atoms with Crippen LogP contribution in [0.1, 0.15) is 25.7 Å². The number of benzene rings is 2. The average molecular weight is 483 g/mol. The maximum atomic E-state index is 13.4. The van der Waals surface area contributed by atoms with Crippen molar-refractivity contribution in [3.05, 3.63) is 60.4 Å². The molecule has 2 fully saturated rings. The Morgan fingerprint density at radius 1 is 1.00 bits per heavy atom. The van der Waals surface area contributed by atoms with Gasteiger partial charge in [-0.3, -0.25) is 4.79 Å². The number of amides is 1. The minimum atomic E-state index is -3.48. The molecule has 1 amide bonds. The first kappa shape index (κ1) is 22.7. The lowest BCUT2D eigenvalue weighted by Gasteiger charge is -2.33. The maximum absolute atomic E-state index is 13.4. The number of halogens is 1. The minimum Gasteiger partial charge on any atom is -0.356 e. The van der Waals surface area contributed by atoms with Crippen LogP contribution in [-0.2, 0) is 14.8 Å². The summed E-state index contributed by atoms with van der Waals surface area (Å²) in [6, 6.07) is 14.7. The van der Waals surface area contributed by atoms with Gasteiger partial charge in [0.15, 0.2) is 0 Å². The van der Waals surface area contributed by atoms with Crippen LogP contribution in [0.2, 0.25) is 0 Å². The Bertz CT molecular complexity index is 1320. The summed E-state index contributed by atoms with van der Waals surface area (Å²) in [4.78, 5) is 19.9. The molecule has 2 aromatic carbocycles. The molecule has 2 aliphatic rings. The van der Waals surface area contributed by atoms with Gasteiger partial charge in [0.05, 0.1) is 16.3 Å². The van der Waals surface area contributed by atoms with Gasteiger partial charge in [0, 0.05) is 37.3 Å². The third-order valence-electron chi connectivity index (χ3n) is 6.56. The molecule has 2 aliphatic heterocycles. The Morgan fingerprint density at radius 2 is 1.82 bits per heavy atom. The molecule has 178 valence electrons. The number of piperidine rings is 1. The van der Waals surface area contributed by atoms with E-state index < -0.39 is 10.0 Å². The van der Waals surface area contributed by atoms with E-state index in [1.54, 1.807) is 34.6 Å². The molecule has 0 unspecified atom stereocenters. The number of carbonyl (C=O) groups is 1. The molecule has 9 heteroatoms. The quantitative estimate of drug-likeness (QED) is 0.594. The van der Waals surface area contributed by atoms with Gasteiger partial charge < -0.3 is 10.2 Å². The lowest BCUT2D eigenvalue weighted by Crippen LogP contribution is -2.41. The molecule has 1 N–H and O–H groups in total. The molecule has 0 radical (unpaired) electrons. The molecule has 7 nitrogen and oxygen atoms in total. The summed E-state index contributed by atoms with van der Waals surface area (Å²) in [5.74, 6) is 0.000993. The van der Waals surface area contributed by atoms with Crippen LogP contribution in [0.3, 0.4) is 0 Å². The Kier molecular flexibility index (Phi) is 6.22. The Balaban J connectivity index is 1.32. The van der Waals surface area contributed by atoms with Crippen LogP contribution in [0.5, 0.6) is 0 Å². The number of nitrogens with zero attached hydrogens (tertiary/aromatic N) is 3. The van der Waals surface area contributed by atoms with E-state index in [9.17, 15) is 17.6 Å². The van der Waals surface area contributed by atoms with Crippen LogP contribution >= 0.6 is 0 Å². The van der Waals surface area contributed by atoms with Crippen LogP contribution < -0.4 is 10.2 Å². The van der Waals surface area contributed by atoms with Crippen LogP contribution in [0.15, 0.2) is 59.5 Å². The normalized spacial score (nSPS) is 19.4. The Morgan fingerprint density at radius 3 is 2.62 bits per heavy atom. The van der Waals surface area contributed by atoms with Crippen molar-refractivity contribution in [2.24, 2.45) is 5.92 Å². The van der Waals surface area contributed by atoms with E-state index in [2.05, 4.69) is 10.2 Å². The van der Waals surface area contributed by atoms with Crippen molar-refractivity contribution >= 4 is 38.3 Å². The van der Waals surface area contributed by atoms with E-state index >= 15 is 0 Å². The van der Waals surface area contributed by atoms with Crippen molar-refractivity contribution in [3.63, 3.8) is 0 Å². The van der Waals surface area contributed by atoms with Gasteiger partial charge in [0.2, 0.25) is 15.9 Å². The molecular weight excluding hydrogens is 455 g/mol. The molecule has 3 heterocycles. The summed E-state index contributed by atoms with van der Waals surface area (Å²) in [7, 11) is -3.48. The zero-order valence-corrected chi connectivity index (χ0v) is 19.6. The fourth-order valence-corrected chi connectivity index (χ4v) is 6.27. The van der Waals surface area contributed by atoms with Gasteiger partial charge in [-0.25, -0.2) is 17.8 Å². The summed E-state index contributed by atoms with van der Waals surface area (Å²) in [6.07, 6.45) is 3.39. The molecule has 0 bridgehead atoms. The molecule has 2 saturated heterocycles. The third kappa shape index (κ3) is 4.63. The van der Waals surface area contributed by atoms with Crippen molar-refractivity contribution in [2.75, 3.05) is 36.4 Å². The van der Waals surface area contributed by atoms with Gasteiger partial charge in [-0.1, -0.05) is 6.07 Å². The van der Waals surface area contributed by atoms with Crippen molar-refractivity contribution in [3.8, 4) is 0 Å². The third-order valence-corrected chi connectivity index (χ3v) is 8.45. The van der Waals surface area contributed by atoms with Gasteiger partial charge in [-0.2, -0.15) is 4.31 Å². The number of carbonyl (C=O) groups excluding carboxylic acids is 1. The summed E-state index contributed by atoms with van der Waals surface area (Å²) in [6.45, 7) is 2.44. The molecule has 3 aromatic rings. The van der Waals surface area contributed by atoms with Gasteiger partial charge >= 0.3 is 0 Å². The summed E-state index contributed by atoms with van der Waals surface area (Å²) < 4.78 is 40.7. The lowest BCUT2D eigenvalue weighted by molar-refractivity contribution is -0.120. The Labute approximate surface area is 198 Å². The number of aromatic nitrogens is 1. The molecule has 1 aromatic heterocycles. The number of hydrogen-bond acceptors (Lipinski definition) is 5. The van der Waals surface area contributed by atoms with Gasteiger partial charge in [0.25, 0.3) is 0 Å². The molecule has 5 rings (SSSR count). The second-order valence-corrected chi connectivity index (χ2v) is 10.9. The number of rotatable bonds is 5. The van der Waals surface area contributed by atoms with Crippen LogP contribution in [0.25, 0.3) is 10.9 Å². The second-order valence-electron chi connectivity index (χ2n) is 8.92. The monoisotopic (exact) mass is 482 g/mol. The second kappa shape index (κ2) is 9.31. The number of fused-ring (bicyclic) bond motifs is 1. The molecule has 0 spiro atoms. The van der Waals surface area contributed by atoms with Crippen LogP contribution in [0.4, 0.5) is 15.9 Å². The first-order chi connectivity index (χ1) is 16.4. The predicted octanol–water partition coefficient (Wildman–Crippen LogP) is 4.01. The van der Waals surface area contributed by atoms with Gasteiger partial charge in [-0.05, 0) is 74.2 Å². The lowest BCUT2D eigenvalue weighted by atomic mass is 9.97. The number of nitrogens with one attached hydrogen (secondary N) is 1. The highest BCUT2D eigenvalue weighted by Crippen LogP contribution is 2.28. The summed E-state index contributed by atoms with van der Waals surface area (Å²) >= 11 is 0. The van der Waals surface area contributed by atoms with Crippen LogP contribution in [0, 0.1) is 11.7 Å². The van der Waals surface area contributed by atoms with Crippen molar-refractivity contribution in [1.29, 1.82) is 0 Å². The Hall–Kier alpha value is -3.04. The highest BCUT2D eigenvalue weighted by Gasteiger charge is 2.28. The van der Waals surface area contributed by atoms with E-state index in [1.165, 1.54) is 12.1 Å².